The Morgan fingerprint density at radius 1 is 1.10 bits per heavy atom. The first-order valence-electron chi connectivity index (χ1n) is 9.15. The molecule has 29 heavy (non-hydrogen) atoms. The Bertz CT molecular complexity index is 828. The van der Waals surface area contributed by atoms with Gasteiger partial charge in [-0.2, -0.15) is 0 Å². The van der Waals surface area contributed by atoms with Crippen molar-refractivity contribution in [2.24, 2.45) is 5.92 Å². The van der Waals surface area contributed by atoms with Crippen molar-refractivity contribution in [3.63, 3.8) is 0 Å². The summed E-state index contributed by atoms with van der Waals surface area (Å²) in [7, 11) is 1.59. The van der Waals surface area contributed by atoms with Gasteiger partial charge < -0.3 is 19.5 Å². The molecule has 2 aromatic carbocycles. The van der Waals surface area contributed by atoms with Crippen LogP contribution in [0.5, 0.6) is 11.5 Å². The molecule has 0 heterocycles. The molecule has 0 radical (unpaired) electrons. The monoisotopic (exact) mass is 480 g/mol. The third kappa shape index (κ3) is 8.00. The fourth-order valence-corrected chi connectivity index (χ4v) is 2.84. The molecule has 2 aromatic rings. The van der Waals surface area contributed by atoms with Crippen LogP contribution in [0.1, 0.15) is 24.2 Å². The summed E-state index contributed by atoms with van der Waals surface area (Å²) in [6, 6.07) is 12.6. The molecule has 2 N–H and O–H groups in total. The second kappa shape index (κ2) is 11.7. The van der Waals surface area contributed by atoms with Crippen LogP contribution in [0.4, 0.5) is 5.69 Å². The molecule has 0 fully saturated rings. The van der Waals surface area contributed by atoms with Gasteiger partial charge in [0, 0.05) is 17.3 Å². The molecule has 0 saturated carbocycles. The van der Waals surface area contributed by atoms with E-state index in [1.165, 1.54) is 0 Å². The number of amides is 1. The van der Waals surface area contributed by atoms with E-state index in [4.69, 9.17) is 26.4 Å². The van der Waals surface area contributed by atoms with Crippen molar-refractivity contribution < 1.29 is 19.0 Å². The summed E-state index contributed by atoms with van der Waals surface area (Å²) in [6.07, 6.45) is 0. The number of methoxy groups -OCH3 is 1. The van der Waals surface area contributed by atoms with Crippen LogP contribution in [0.2, 0.25) is 0 Å². The average molecular weight is 481 g/mol. The van der Waals surface area contributed by atoms with Crippen molar-refractivity contribution in [1.29, 1.82) is 0 Å². The summed E-state index contributed by atoms with van der Waals surface area (Å²) < 4.78 is 17.0. The van der Waals surface area contributed by atoms with Gasteiger partial charge in [0.1, 0.15) is 18.1 Å². The quantitative estimate of drug-likeness (QED) is 0.402. The number of hydrogen-bond donors (Lipinski definition) is 2. The third-order valence-electron chi connectivity index (χ3n) is 3.65. The zero-order chi connectivity index (χ0) is 21.2. The van der Waals surface area contributed by atoms with Gasteiger partial charge in [-0.15, -0.1) is 0 Å². The first kappa shape index (κ1) is 23.1. The van der Waals surface area contributed by atoms with Crippen molar-refractivity contribution in [3.05, 3.63) is 52.5 Å². The fourth-order valence-electron chi connectivity index (χ4n) is 2.27. The normalized spacial score (nSPS) is 10.5. The van der Waals surface area contributed by atoms with Gasteiger partial charge in [-0.05, 0) is 60.6 Å². The minimum atomic E-state index is -0.367. The summed E-state index contributed by atoms with van der Waals surface area (Å²) in [5.74, 6) is 1.33. The topological polar surface area (TPSA) is 68.8 Å². The summed E-state index contributed by atoms with van der Waals surface area (Å²) in [6.45, 7) is 5.61. The van der Waals surface area contributed by atoms with E-state index in [2.05, 4.69) is 40.4 Å². The molecular formula is C21H25BrN2O4S. The molecule has 156 valence electrons. The molecule has 0 spiro atoms. The number of carbonyl (C=O) groups is 1. The van der Waals surface area contributed by atoms with Crippen LogP contribution < -0.4 is 20.1 Å². The number of benzene rings is 2. The number of nitrogens with one attached hydrogen (secondary N) is 2. The summed E-state index contributed by atoms with van der Waals surface area (Å²) in [5.41, 5.74) is 1.12. The largest absolute Gasteiger partial charge is 0.493 e. The highest BCUT2D eigenvalue weighted by atomic mass is 79.9. The van der Waals surface area contributed by atoms with Crippen LogP contribution in [0.25, 0.3) is 0 Å². The Labute approximate surface area is 185 Å². The van der Waals surface area contributed by atoms with Crippen molar-refractivity contribution in [1.82, 2.24) is 5.32 Å². The number of hydrogen-bond acceptors (Lipinski definition) is 5. The minimum absolute atomic E-state index is 0.189. The van der Waals surface area contributed by atoms with Crippen LogP contribution in [0, 0.1) is 5.92 Å². The van der Waals surface area contributed by atoms with Crippen LogP contribution in [-0.4, -0.2) is 38.0 Å². The highest BCUT2D eigenvalue weighted by Gasteiger charge is 2.15. The maximum absolute atomic E-state index is 12.7. The van der Waals surface area contributed by atoms with Crippen molar-refractivity contribution in [2.75, 3.05) is 32.2 Å². The lowest BCUT2D eigenvalue weighted by molar-refractivity contribution is 0.0969. The van der Waals surface area contributed by atoms with Gasteiger partial charge in [0.15, 0.2) is 5.11 Å². The first-order chi connectivity index (χ1) is 13.9. The predicted octanol–water partition coefficient (Wildman–Crippen LogP) is 4.64. The SMILES string of the molecule is COCCOc1ccc(Br)cc1C(=O)NC(=S)Nc1ccc(OCC(C)C)cc1. The molecule has 0 bridgehead atoms. The molecule has 0 atom stereocenters. The molecule has 1 amide bonds. The summed E-state index contributed by atoms with van der Waals surface area (Å²) >= 11 is 8.64. The minimum Gasteiger partial charge on any atom is -0.493 e. The predicted molar refractivity (Wildman–Crippen MR) is 122 cm³/mol. The van der Waals surface area contributed by atoms with Gasteiger partial charge in [0.25, 0.3) is 5.91 Å². The smallest absolute Gasteiger partial charge is 0.261 e. The molecule has 6 nitrogen and oxygen atoms in total. The number of rotatable bonds is 9. The van der Waals surface area contributed by atoms with Crippen molar-refractivity contribution in [3.8, 4) is 11.5 Å². The van der Waals surface area contributed by atoms with Crippen LogP contribution in [0.3, 0.4) is 0 Å². The zero-order valence-corrected chi connectivity index (χ0v) is 19.1. The molecule has 0 aliphatic rings. The van der Waals surface area contributed by atoms with Crippen molar-refractivity contribution >= 4 is 44.9 Å². The Hall–Kier alpha value is -2.16. The van der Waals surface area contributed by atoms with E-state index in [0.29, 0.717) is 37.1 Å². The lowest BCUT2D eigenvalue weighted by atomic mass is 10.2. The van der Waals surface area contributed by atoms with Gasteiger partial charge in [0.2, 0.25) is 0 Å². The van der Waals surface area contributed by atoms with E-state index >= 15 is 0 Å². The molecule has 2 rings (SSSR count). The first-order valence-corrected chi connectivity index (χ1v) is 10.4. The van der Waals surface area contributed by atoms with Gasteiger partial charge >= 0.3 is 0 Å². The average Bonchev–Trinajstić information content (AvgIpc) is 2.68. The lowest BCUT2D eigenvalue weighted by Gasteiger charge is -2.14. The van der Waals surface area contributed by atoms with Gasteiger partial charge in [0.05, 0.1) is 18.8 Å². The van der Waals surface area contributed by atoms with Crippen LogP contribution >= 0.6 is 28.1 Å². The zero-order valence-electron chi connectivity index (χ0n) is 16.7. The van der Waals surface area contributed by atoms with Gasteiger partial charge in [-0.1, -0.05) is 29.8 Å². The number of carbonyl (C=O) groups excluding carboxylic acids is 1. The Morgan fingerprint density at radius 2 is 1.83 bits per heavy atom. The Morgan fingerprint density at radius 3 is 2.48 bits per heavy atom. The fraction of sp³-hybridized carbons (Fsp3) is 0.333. The highest BCUT2D eigenvalue weighted by molar-refractivity contribution is 9.10. The van der Waals surface area contributed by atoms with E-state index in [-0.39, 0.29) is 11.0 Å². The second-order valence-electron chi connectivity index (χ2n) is 6.62. The van der Waals surface area contributed by atoms with Crippen LogP contribution in [0.15, 0.2) is 46.9 Å². The maximum Gasteiger partial charge on any atom is 0.261 e. The number of anilines is 1. The molecule has 0 saturated heterocycles. The molecular weight excluding hydrogens is 456 g/mol. The van der Waals surface area contributed by atoms with Crippen molar-refractivity contribution in [2.45, 2.75) is 13.8 Å². The number of halogens is 1. The highest BCUT2D eigenvalue weighted by Crippen LogP contribution is 2.23. The third-order valence-corrected chi connectivity index (χ3v) is 4.35. The van der Waals surface area contributed by atoms with Crippen LogP contribution in [-0.2, 0) is 4.74 Å². The van der Waals surface area contributed by atoms with E-state index in [0.717, 1.165) is 15.9 Å². The van der Waals surface area contributed by atoms with E-state index in [1.54, 1.807) is 25.3 Å². The lowest BCUT2D eigenvalue weighted by Crippen LogP contribution is -2.34. The van der Waals surface area contributed by atoms with E-state index in [9.17, 15) is 4.79 Å². The maximum atomic E-state index is 12.7. The van der Waals surface area contributed by atoms with E-state index in [1.807, 2.05) is 24.3 Å². The Kier molecular flexibility index (Phi) is 9.37. The molecule has 0 unspecified atom stereocenters. The summed E-state index contributed by atoms with van der Waals surface area (Å²) in [5, 5.41) is 5.86. The molecule has 0 aromatic heterocycles. The molecule has 0 aliphatic carbocycles. The van der Waals surface area contributed by atoms with Gasteiger partial charge in [-0.25, -0.2) is 0 Å². The standard InChI is InChI=1S/C21H25BrN2O4S/c1-14(2)13-28-17-7-5-16(6-8-17)23-21(29)24-20(25)18-12-15(22)4-9-19(18)27-11-10-26-3/h4-9,12,14H,10-11,13H2,1-3H3,(H2,23,24,25,29). The van der Waals surface area contributed by atoms with E-state index < -0.39 is 0 Å². The van der Waals surface area contributed by atoms with Gasteiger partial charge in [-0.3, -0.25) is 10.1 Å². The summed E-state index contributed by atoms with van der Waals surface area (Å²) in [4.78, 5) is 12.7. The number of ether oxygens (including phenoxy) is 3. The Balaban J connectivity index is 1.96. The second-order valence-corrected chi connectivity index (χ2v) is 7.94. The molecule has 0 aliphatic heterocycles. The molecule has 8 heteroatoms. The number of thiocarbonyl (C=S) groups is 1.